The van der Waals surface area contributed by atoms with Gasteiger partial charge in [-0.3, -0.25) is 24.0 Å². The van der Waals surface area contributed by atoms with Gasteiger partial charge in [0.1, 0.15) is 13.2 Å². The van der Waals surface area contributed by atoms with Gasteiger partial charge in [0.15, 0.2) is 0 Å². The normalized spacial score (nSPS) is 11.0. The molecule has 0 atom stereocenters. The number of unbranched alkanes of at least 4 members (excludes halogenated alkanes) is 16. The molecule has 0 radical (unpaired) electrons. The van der Waals surface area contributed by atoms with E-state index in [2.05, 4.69) is 28.2 Å². The third-order valence-electron chi connectivity index (χ3n) is 8.65. The Hall–Kier alpha value is -2.81. The van der Waals surface area contributed by atoms with E-state index in [4.69, 9.17) is 24.1 Å². The number of carboxylic acid groups (broad SMARTS) is 1. The fourth-order valence-electron chi connectivity index (χ4n) is 5.49. The summed E-state index contributed by atoms with van der Waals surface area (Å²) in [6.45, 7) is 5.71. The van der Waals surface area contributed by atoms with Crippen molar-refractivity contribution in [3.63, 3.8) is 0 Å². The fourth-order valence-corrected chi connectivity index (χ4v) is 5.49. The molecule has 0 aliphatic rings. The molecular formula is C40H76N4O10. The highest BCUT2D eigenvalue weighted by molar-refractivity contribution is 5.78. The molecule has 0 unspecified atom stereocenters. The molecule has 54 heavy (non-hydrogen) atoms. The van der Waals surface area contributed by atoms with Gasteiger partial charge in [0.05, 0.1) is 39.6 Å². The van der Waals surface area contributed by atoms with Gasteiger partial charge in [-0.15, -0.1) is 0 Å². The minimum atomic E-state index is -0.686. The van der Waals surface area contributed by atoms with Gasteiger partial charge in [0, 0.05) is 45.4 Å². The average molecular weight is 773 g/mol. The minimum Gasteiger partial charge on any atom is -0.481 e. The van der Waals surface area contributed by atoms with Crippen LogP contribution < -0.4 is 21.3 Å². The Morgan fingerprint density at radius 2 is 0.704 bits per heavy atom. The summed E-state index contributed by atoms with van der Waals surface area (Å²) in [6, 6.07) is 0. The van der Waals surface area contributed by atoms with Crippen molar-refractivity contribution in [2.75, 3.05) is 79.0 Å². The molecule has 0 saturated carbocycles. The molecule has 14 nitrogen and oxygen atoms in total. The van der Waals surface area contributed by atoms with Crippen LogP contribution in [0.15, 0.2) is 0 Å². The van der Waals surface area contributed by atoms with Gasteiger partial charge in [-0.1, -0.05) is 103 Å². The molecule has 0 saturated heterocycles. The Bertz CT molecular complexity index is 925. The maximum atomic E-state index is 12.1. The predicted molar refractivity (Wildman–Crippen MR) is 210 cm³/mol. The van der Waals surface area contributed by atoms with Crippen LogP contribution in [0.25, 0.3) is 0 Å². The van der Waals surface area contributed by atoms with Crippen molar-refractivity contribution in [1.29, 1.82) is 0 Å². The van der Waals surface area contributed by atoms with Crippen LogP contribution in [0.2, 0.25) is 0 Å². The highest BCUT2D eigenvalue weighted by atomic mass is 16.5. The van der Waals surface area contributed by atoms with Gasteiger partial charge in [-0.05, 0) is 25.7 Å². The van der Waals surface area contributed by atoms with Crippen molar-refractivity contribution in [3.8, 4) is 0 Å². The molecule has 5 N–H and O–H groups in total. The zero-order valence-electron chi connectivity index (χ0n) is 33.7. The van der Waals surface area contributed by atoms with Crippen molar-refractivity contribution in [2.45, 2.75) is 148 Å². The van der Waals surface area contributed by atoms with Crippen LogP contribution in [0, 0.1) is 0 Å². The van der Waals surface area contributed by atoms with E-state index in [0.717, 1.165) is 44.9 Å². The number of rotatable bonds is 42. The topological polar surface area (TPSA) is 191 Å². The Morgan fingerprint density at radius 1 is 0.370 bits per heavy atom. The summed E-state index contributed by atoms with van der Waals surface area (Å²) >= 11 is 0. The third kappa shape index (κ3) is 41.9. The van der Waals surface area contributed by atoms with Crippen molar-refractivity contribution < 1.29 is 48.0 Å². The summed E-state index contributed by atoms with van der Waals surface area (Å²) < 4.78 is 21.3. The number of amides is 4. The van der Waals surface area contributed by atoms with E-state index in [1.54, 1.807) is 0 Å². The maximum Gasteiger partial charge on any atom is 0.303 e. The van der Waals surface area contributed by atoms with Gasteiger partial charge in [0.25, 0.3) is 0 Å². The molecule has 0 rings (SSSR count). The van der Waals surface area contributed by atoms with Crippen molar-refractivity contribution in [2.24, 2.45) is 0 Å². The number of carboxylic acids is 1. The van der Waals surface area contributed by atoms with Crippen LogP contribution in [0.5, 0.6) is 0 Å². The molecule has 316 valence electrons. The van der Waals surface area contributed by atoms with Gasteiger partial charge in [-0.2, -0.15) is 0 Å². The van der Waals surface area contributed by atoms with Gasteiger partial charge in [0.2, 0.25) is 23.6 Å². The lowest BCUT2D eigenvalue weighted by Crippen LogP contribution is -2.32. The van der Waals surface area contributed by atoms with Crippen LogP contribution in [-0.2, 0) is 42.9 Å². The van der Waals surface area contributed by atoms with Crippen LogP contribution in [-0.4, -0.2) is 114 Å². The lowest BCUT2D eigenvalue weighted by molar-refractivity contribution is -0.137. The number of nitrogens with one attached hydrogen (secondary N) is 4. The summed E-state index contributed by atoms with van der Waals surface area (Å²) in [6.07, 6.45) is 22.7. The first-order valence-corrected chi connectivity index (χ1v) is 20.9. The minimum absolute atomic E-state index is 0.00985. The molecule has 4 amide bonds. The second-order valence-electron chi connectivity index (χ2n) is 13.7. The first kappa shape index (κ1) is 51.2. The SMILES string of the molecule is CCCCNC(=O)COCCOCCNC(=O)COCCOCCNC(=O)CCCNC(=O)CCCCCCCCCCCCCCCCCCC(=O)O. The lowest BCUT2D eigenvalue weighted by atomic mass is 10.0. The highest BCUT2D eigenvalue weighted by Crippen LogP contribution is 2.14. The molecule has 14 heteroatoms. The van der Waals surface area contributed by atoms with E-state index in [1.165, 1.54) is 70.6 Å². The second-order valence-corrected chi connectivity index (χ2v) is 13.7. The Kier molecular flexibility index (Phi) is 39.2. The molecule has 0 aromatic carbocycles. The van der Waals surface area contributed by atoms with Gasteiger partial charge in [-0.25, -0.2) is 0 Å². The summed E-state index contributed by atoms with van der Waals surface area (Å²) in [5, 5.41) is 19.8. The van der Waals surface area contributed by atoms with E-state index in [-0.39, 0.29) is 43.4 Å². The second kappa shape index (κ2) is 41.4. The largest absolute Gasteiger partial charge is 0.481 e. The Morgan fingerprint density at radius 3 is 1.15 bits per heavy atom. The lowest BCUT2D eigenvalue weighted by Gasteiger charge is -2.09. The molecule has 0 spiro atoms. The number of carbonyl (C=O) groups excluding carboxylic acids is 4. The maximum absolute atomic E-state index is 12.1. The van der Waals surface area contributed by atoms with Gasteiger partial charge < -0.3 is 45.3 Å². The highest BCUT2D eigenvalue weighted by Gasteiger charge is 2.05. The average Bonchev–Trinajstić information content (AvgIpc) is 3.15. The quantitative estimate of drug-likeness (QED) is 0.0516. The van der Waals surface area contributed by atoms with E-state index >= 15 is 0 Å². The summed E-state index contributed by atoms with van der Waals surface area (Å²) in [5.74, 6) is -1.11. The molecule has 0 bridgehead atoms. The van der Waals surface area contributed by atoms with Crippen LogP contribution in [0.4, 0.5) is 0 Å². The van der Waals surface area contributed by atoms with Crippen LogP contribution in [0.1, 0.15) is 148 Å². The molecule has 0 fully saturated rings. The number of aliphatic carboxylic acids is 1. The van der Waals surface area contributed by atoms with E-state index in [1.807, 2.05) is 0 Å². The fraction of sp³-hybridized carbons (Fsp3) is 0.875. The standard InChI is InChI=1S/C40H76N4O10/c1-2-3-24-42-38(47)34-53-32-31-52-29-27-44-39(48)35-54-33-30-51-28-26-43-37(46)22-20-25-41-36(45)21-18-16-14-12-10-8-6-4-5-7-9-11-13-15-17-19-23-40(49)50/h2-35H2,1H3,(H,41,45)(H,42,47)(H,43,46)(H,44,48)(H,49,50). The molecule has 0 aliphatic heterocycles. The van der Waals surface area contributed by atoms with Crippen LogP contribution in [0.3, 0.4) is 0 Å². The first-order chi connectivity index (χ1) is 26.3. The van der Waals surface area contributed by atoms with E-state index in [9.17, 15) is 24.0 Å². The molecule has 0 aromatic rings. The number of ether oxygens (including phenoxy) is 4. The monoisotopic (exact) mass is 773 g/mol. The summed E-state index contributed by atoms with van der Waals surface area (Å²) in [5.41, 5.74) is 0. The van der Waals surface area contributed by atoms with E-state index < -0.39 is 5.97 Å². The number of hydrogen-bond acceptors (Lipinski definition) is 9. The molecule has 0 aliphatic carbocycles. The Labute approximate surface area is 325 Å². The predicted octanol–water partition coefficient (Wildman–Crippen LogP) is 5.20. The molecular weight excluding hydrogens is 696 g/mol. The zero-order valence-corrected chi connectivity index (χ0v) is 33.7. The zero-order chi connectivity index (χ0) is 39.6. The van der Waals surface area contributed by atoms with Crippen LogP contribution >= 0.6 is 0 Å². The van der Waals surface area contributed by atoms with Crippen molar-refractivity contribution in [3.05, 3.63) is 0 Å². The Balaban J connectivity index is 3.35. The summed E-state index contributed by atoms with van der Waals surface area (Å²) in [7, 11) is 0. The number of carbonyl (C=O) groups is 5. The third-order valence-corrected chi connectivity index (χ3v) is 8.65. The molecule has 0 aromatic heterocycles. The number of hydrogen-bond donors (Lipinski definition) is 5. The van der Waals surface area contributed by atoms with Crippen molar-refractivity contribution >= 4 is 29.6 Å². The molecule has 0 heterocycles. The smallest absolute Gasteiger partial charge is 0.303 e. The summed E-state index contributed by atoms with van der Waals surface area (Å²) in [4.78, 5) is 57.9. The van der Waals surface area contributed by atoms with E-state index in [0.29, 0.717) is 84.9 Å². The van der Waals surface area contributed by atoms with Gasteiger partial charge >= 0.3 is 5.97 Å². The first-order valence-electron chi connectivity index (χ1n) is 20.9. The van der Waals surface area contributed by atoms with Crippen molar-refractivity contribution in [1.82, 2.24) is 21.3 Å².